The largest absolute Gasteiger partial charge is 0.489 e. The van der Waals surface area contributed by atoms with Gasteiger partial charge in [-0.2, -0.15) is 4.98 Å². The summed E-state index contributed by atoms with van der Waals surface area (Å²) in [6, 6.07) is 0.278. The molecular weight excluding hydrogens is 310 g/mol. The number of nitrogens with zero attached hydrogens (tertiary/aromatic N) is 3. The molecule has 1 aliphatic rings. The predicted octanol–water partition coefficient (Wildman–Crippen LogP) is 1.79. The molecule has 0 aromatic carbocycles. The summed E-state index contributed by atoms with van der Waals surface area (Å²) in [5, 5.41) is 0.0138. The smallest absolute Gasteiger partial charge is 0.376 e. The van der Waals surface area contributed by atoms with Crippen LogP contribution in [-0.2, 0) is 4.74 Å². The van der Waals surface area contributed by atoms with Gasteiger partial charge in [0.25, 0.3) is 5.88 Å². The van der Waals surface area contributed by atoms with Gasteiger partial charge in [0.2, 0.25) is 11.6 Å². The van der Waals surface area contributed by atoms with Crippen molar-refractivity contribution in [2.45, 2.75) is 31.9 Å². The number of esters is 1. The highest BCUT2D eigenvalue weighted by Gasteiger charge is 2.30. The van der Waals surface area contributed by atoms with E-state index in [2.05, 4.69) is 26.7 Å². The SMILES string of the molecule is COC(=O)c1nc(Cl)c(OC)c(O[C@@H](C)[C@@H]2CCCN2C)n1. The van der Waals surface area contributed by atoms with Gasteiger partial charge >= 0.3 is 5.97 Å². The van der Waals surface area contributed by atoms with E-state index in [9.17, 15) is 4.79 Å². The van der Waals surface area contributed by atoms with E-state index in [-0.39, 0.29) is 34.8 Å². The molecule has 1 aromatic heterocycles. The number of likely N-dealkylation sites (N-methyl/N-ethyl adjacent to an activating group) is 1. The van der Waals surface area contributed by atoms with E-state index in [4.69, 9.17) is 21.1 Å². The molecule has 1 fully saturated rings. The van der Waals surface area contributed by atoms with Gasteiger partial charge in [-0.15, -0.1) is 0 Å². The van der Waals surface area contributed by atoms with Gasteiger partial charge in [-0.25, -0.2) is 9.78 Å². The first-order valence-corrected chi connectivity index (χ1v) is 7.42. The Labute approximate surface area is 134 Å². The summed E-state index contributed by atoms with van der Waals surface area (Å²) in [5.41, 5.74) is 0. The highest BCUT2D eigenvalue weighted by atomic mass is 35.5. The number of ether oxygens (including phenoxy) is 3. The van der Waals surface area contributed by atoms with Gasteiger partial charge in [-0.05, 0) is 33.4 Å². The first-order chi connectivity index (χ1) is 10.5. The highest BCUT2D eigenvalue weighted by Crippen LogP contribution is 2.33. The van der Waals surface area contributed by atoms with Crippen molar-refractivity contribution in [3.63, 3.8) is 0 Å². The Kier molecular flexibility index (Phi) is 5.42. The van der Waals surface area contributed by atoms with E-state index >= 15 is 0 Å². The van der Waals surface area contributed by atoms with E-state index in [1.165, 1.54) is 14.2 Å². The van der Waals surface area contributed by atoms with Crippen LogP contribution >= 0.6 is 11.6 Å². The average molecular weight is 330 g/mol. The molecule has 1 saturated heterocycles. The second-order valence-electron chi connectivity index (χ2n) is 5.18. The van der Waals surface area contributed by atoms with Crippen LogP contribution in [0.3, 0.4) is 0 Å². The Morgan fingerprint density at radius 3 is 2.68 bits per heavy atom. The molecule has 0 bridgehead atoms. The third-order valence-corrected chi connectivity index (χ3v) is 4.04. The van der Waals surface area contributed by atoms with E-state index in [0.29, 0.717) is 0 Å². The van der Waals surface area contributed by atoms with Crippen molar-refractivity contribution in [2.75, 3.05) is 27.8 Å². The lowest BCUT2D eigenvalue weighted by Gasteiger charge is -2.26. The number of carbonyl (C=O) groups excluding carboxylic acids is 1. The van der Waals surface area contributed by atoms with Crippen molar-refractivity contribution in [1.29, 1.82) is 0 Å². The molecule has 2 heterocycles. The molecule has 2 atom stereocenters. The summed E-state index contributed by atoms with van der Waals surface area (Å²) in [7, 11) is 4.75. The molecule has 0 unspecified atom stereocenters. The number of halogens is 1. The second-order valence-corrected chi connectivity index (χ2v) is 5.54. The lowest BCUT2D eigenvalue weighted by atomic mass is 10.1. The molecule has 0 aliphatic carbocycles. The van der Waals surface area contributed by atoms with Crippen molar-refractivity contribution < 1.29 is 19.0 Å². The zero-order valence-electron chi connectivity index (χ0n) is 13.1. The number of aromatic nitrogens is 2. The maximum atomic E-state index is 11.6. The van der Waals surface area contributed by atoms with Crippen LogP contribution in [0.25, 0.3) is 0 Å². The Morgan fingerprint density at radius 2 is 2.14 bits per heavy atom. The van der Waals surface area contributed by atoms with Gasteiger partial charge in [-0.3, -0.25) is 4.90 Å². The van der Waals surface area contributed by atoms with E-state index in [1.807, 2.05) is 6.92 Å². The Bertz CT molecular complexity index is 555. The zero-order chi connectivity index (χ0) is 16.3. The average Bonchev–Trinajstić information content (AvgIpc) is 2.92. The normalized spacial score (nSPS) is 19.8. The standard InChI is InChI=1S/C14H20ClN3O4/c1-8(9-6-5-7-18(9)2)22-13-10(20-3)11(15)16-12(17-13)14(19)21-4/h8-9H,5-7H2,1-4H3/t8-,9-/m0/s1. The molecule has 122 valence electrons. The van der Waals surface area contributed by atoms with Crippen molar-refractivity contribution in [2.24, 2.45) is 0 Å². The van der Waals surface area contributed by atoms with Crippen LogP contribution < -0.4 is 9.47 Å². The third kappa shape index (κ3) is 3.41. The van der Waals surface area contributed by atoms with Crippen LogP contribution in [-0.4, -0.2) is 60.8 Å². The van der Waals surface area contributed by atoms with Crippen LogP contribution in [0.1, 0.15) is 30.4 Å². The van der Waals surface area contributed by atoms with Crippen LogP contribution in [0.4, 0.5) is 0 Å². The zero-order valence-corrected chi connectivity index (χ0v) is 13.9. The second kappa shape index (κ2) is 7.11. The molecule has 0 spiro atoms. The minimum absolute atomic E-state index is 0.0138. The van der Waals surface area contributed by atoms with E-state index in [1.54, 1.807) is 0 Å². The number of hydrogen-bond donors (Lipinski definition) is 0. The Morgan fingerprint density at radius 1 is 1.41 bits per heavy atom. The lowest BCUT2D eigenvalue weighted by molar-refractivity contribution is 0.0581. The fourth-order valence-electron chi connectivity index (χ4n) is 2.62. The summed E-state index contributed by atoms with van der Waals surface area (Å²) in [5.74, 6) is -0.479. The monoisotopic (exact) mass is 329 g/mol. The van der Waals surface area contributed by atoms with Gasteiger partial charge in [-0.1, -0.05) is 11.6 Å². The van der Waals surface area contributed by atoms with Crippen molar-refractivity contribution in [3.8, 4) is 11.6 Å². The third-order valence-electron chi connectivity index (χ3n) is 3.78. The van der Waals surface area contributed by atoms with Gasteiger partial charge in [0.05, 0.1) is 14.2 Å². The topological polar surface area (TPSA) is 73.8 Å². The Hall–Kier alpha value is -1.60. The van der Waals surface area contributed by atoms with Gasteiger partial charge in [0.1, 0.15) is 6.10 Å². The number of methoxy groups -OCH3 is 2. The summed E-state index contributed by atoms with van der Waals surface area (Å²) in [6.45, 7) is 2.99. The molecule has 1 aromatic rings. The van der Waals surface area contributed by atoms with Gasteiger partial charge < -0.3 is 14.2 Å². The maximum absolute atomic E-state index is 11.6. The minimum atomic E-state index is -0.681. The summed E-state index contributed by atoms with van der Waals surface area (Å²) < 4.78 is 15.7. The van der Waals surface area contributed by atoms with Crippen molar-refractivity contribution >= 4 is 17.6 Å². The molecule has 0 saturated carbocycles. The molecule has 8 heteroatoms. The lowest BCUT2D eigenvalue weighted by Crippen LogP contribution is -2.38. The first kappa shape index (κ1) is 16.8. The van der Waals surface area contributed by atoms with Crippen LogP contribution in [0.5, 0.6) is 11.6 Å². The quantitative estimate of drug-likeness (QED) is 0.602. The predicted molar refractivity (Wildman–Crippen MR) is 80.7 cm³/mol. The molecule has 7 nitrogen and oxygen atoms in total. The van der Waals surface area contributed by atoms with E-state index < -0.39 is 5.97 Å². The fraction of sp³-hybridized carbons (Fsp3) is 0.643. The van der Waals surface area contributed by atoms with Gasteiger partial charge in [0.15, 0.2) is 5.15 Å². The number of likely N-dealkylation sites (tertiary alicyclic amines) is 1. The molecule has 2 rings (SSSR count). The van der Waals surface area contributed by atoms with Crippen molar-refractivity contribution in [1.82, 2.24) is 14.9 Å². The number of hydrogen-bond acceptors (Lipinski definition) is 7. The highest BCUT2D eigenvalue weighted by molar-refractivity contribution is 6.31. The molecular formula is C14H20ClN3O4. The summed E-state index contributed by atoms with van der Waals surface area (Å²) in [4.78, 5) is 21.8. The van der Waals surface area contributed by atoms with Crippen LogP contribution in [0.15, 0.2) is 0 Å². The number of carbonyl (C=O) groups is 1. The summed E-state index contributed by atoms with van der Waals surface area (Å²) in [6.07, 6.45) is 2.05. The number of rotatable bonds is 5. The van der Waals surface area contributed by atoms with Crippen LogP contribution in [0.2, 0.25) is 5.15 Å². The minimum Gasteiger partial charge on any atom is -0.489 e. The van der Waals surface area contributed by atoms with E-state index in [0.717, 1.165) is 19.4 Å². The summed E-state index contributed by atoms with van der Waals surface area (Å²) >= 11 is 6.03. The Balaban J connectivity index is 2.27. The molecule has 1 aliphatic heterocycles. The first-order valence-electron chi connectivity index (χ1n) is 7.04. The molecule has 22 heavy (non-hydrogen) atoms. The molecule has 0 radical (unpaired) electrons. The van der Waals surface area contributed by atoms with Crippen molar-refractivity contribution in [3.05, 3.63) is 11.0 Å². The van der Waals surface area contributed by atoms with Crippen LogP contribution in [0, 0.1) is 0 Å². The van der Waals surface area contributed by atoms with Gasteiger partial charge in [0, 0.05) is 6.04 Å². The molecule has 0 N–H and O–H groups in total. The maximum Gasteiger partial charge on any atom is 0.376 e. The molecule has 0 amide bonds. The fourth-order valence-corrected chi connectivity index (χ4v) is 2.86.